The van der Waals surface area contributed by atoms with Gasteiger partial charge in [-0.15, -0.1) is 0 Å². The lowest BCUT2D eigenvalue weighted by Gasteiger charge is -2.26. The maximum Gasteiger partial charge on any atom is 0.143 e. The first-order valence-corrected chi connectivity index (χ1v) is 20.8. The molecule has 3 heteroatoms. The lowest BCUT2D eigenvalue weighted by Crippen LogP contribution is -2.09. The van der Waals surface area contributed by atoms with E-state index in [1.54, 1.807) is 0 Å². The summed E-state index contributed by atoms with van der Waals surface area (Å²) in [6.45, 7) is 0. The van der Waals surface area contributed by atoms with Crippen molar-refractivity contribution >= 4 is 71.6 Å². The van der Waals surface area contributed by atoms with Crippen LogP contribution in [-0.2, 0) is 0 Å². The Bertz CT molecular complexity index is 3560. The van der Waals surface area contributed by atoms with Gasteiger partial charge in [0.05, 0.1) is 11.0 Å². The fourth-order valence-corrected chi connectivity index (χ4v) is 9.20. The summed E-state index contributed by atoms with van der Waals surface area (Å²) < 4.78 is 9.17. The molecular weight excluding hydrogens is 741 g/mol. The number of benzene rings is 10. The average Bonchev–Trinajstić information content (AvgIpc) is 3.88. The Morgan fingerprint density at radius 2 is 0.885 bits per heavy atom. The lowest BCUT2D eigenvalue weighted by molar-refractivity contribution is 0.670. The molecule has 12 rings (SSSR count). The van der Waals surface area contributed by atoms with E-state index < -0.39 is 0 Å². The van der Waals surface area contributed by atoms with Gasteiger partial charge >= 0.3 is 0 Å². The van der Waals surface area contributed by atoms with Gasteiger partial charge in [-0.05, 0) is 105 Å². The molecule has 0 aliphatic carbocycles. The highest BCUT2D eigenvalue weighted by atomic mass is 16.3. The van der Waals surface area contributed by atoms with Gasteiger partial charge in [0.2, 0.25) is 0 Å². The lowest BCUT2D eigenvalue weighted by atomic mass is 10.00. The van der Waals surface area contributed by atoms with Crippen LogP contribution in [-0.4, -0.2) is 4.57 Å². The van der Waals surface area contributed by atoms with E-state index in [1.165, 1.54) is 54.8 Å². The first-order chi connectivity index (χ1) is 30.2. The molecule has 0 saturated carbocycles. The Labute approximate surface area is 353 Å². The SMILES string of the molecule is c1ccc(-c2ccc(N(c3ccc(-c4cc(-n5c6ccccc6c6ccc(-c7ccccc7)cc65)cc5c4oc4ccccc45)cc3)c3ccc4ccccc4c3)cc2)cc1. The normalized spacial score (nSPS) is 11.6. The predicted molar refractivity (Wildman–Crippen MR) is 257 cm³/mol. The van der Waals surface area contributed by atoms with Crippen molar-refractivity contribution in [3.8, 4) is 39.1 Å². The molecule has 0 saturated heterocycles. The molecule has 0 aliphatic rings. The number of anilines is 3. The van der Waals surface area contributed by atoms with Crippen molar-refractivity contribution in [2.24, 2.45) is 0 Å². The summed E-state index contributed by atoms with van der Waals surface area (Å²) in [7, 11) is 0. The molecule has 10 aromatic carbocycles. The van der Waals surface area contributed by atoms with Gasteiger partial charge in [0.25, 0.3) is 0 Å². The summed E-state index contributed by atoms with van der Waals surface area (Å²) >= 11 is 0. The Balaban J connectivity index is 1.03. The van der Waals surface area contributed by atoms with Crippen LogP contribution in [0.4, 0.5) is 17.1 Å². The molecule has 0 bridgehead atoms. The van der Waals surface area contributed by atoms with Gasteiger partial charge < -0.3 is 13.9 Å². The third-order valence-corrected chi connectivity index (χ3v) is 12.2. The molecule has 0 unspecified atom stereocenters. The molecule has 2 heterocycles. The minimum Gasteiger partial charge on any atom is -0.455 e. The van der Waals surface area contributed by atoms with Crippen molar-refractivity contribution in [1.82, 2.24) is 4.57 Å². The summed E-state index contributed by atoms with van der Waals surface area (Å²) in [6.07, 6.45) is 0. The van der Waals surface area contributed by atoms with Gasteiger partial charge in [0.1, 0.15) is 11.2 Å². The summed E-state index contributed by atoms with van der Waals surface area (Å²) in [5, 5.41) is 7.07. The quantitative estimate of drug-likeness (QED) is 0.161. The zero-order valence-corrected chi connectivity index (χ0v) is 33.2. The number of nitrogens with zero attached hydrogens (tertiary/aromatic N) is 2. The Morgan fingerprint density at radius 1 is 0.328 bits per heavy atom. The summed E-state index contributed by atoms with van der Waals surface area (Å²) in [5.41, 5.74) is 15.3. The van der Waals surface area contributed by atoms with Crippen molar-refractivity contribution in [3.63, 3.8) is 0 Å². The molecule has 0 atom stereocenters. The van der Waals surface area contributed by atoms with Gasteiger partial charge in [-0.2, -0.15) is 0 Å². The van der Waals surface area contributed by atoms with Gasteiger partial charge in [-0.1, -0.05) is 164 Å². The summed E-state index contributed by atoms with van der Waals surface area (Å²) in [6, 6.07) is 82.9. The highest BCUT2D eigenvalue weighted by molar-refractivity contribution is 6.13. The third-order valence-electron chi connectivity index (χ3n) is 12.2. The van der Waals surface area contributed by atoms with Crippen molar-refractivity contribution in [2.75, 3.05) is 4.90 Å². The minimum atomic E-state index is 0.877. The molecule has 0 N–H and O–H groups in total. The minimum absolute atomic E-state index is 0.877. The molecule has 12 aromatic rings. The Kier molecular flexibility index (Phi) is 8.17. The first kappa shape index (κ1) is 34.9. The van der Waals surface area contributed by atoms with E-state index in [4.69, 9.17) is 4.42 Å². The van der Waals surface area contributed by atoms with Gasteiger partial charge in [0, 0.05) is 49.9 Å². The van der Waals surface area contributed by atoms with Crippen molar-refractivity contribution in [2.45, 2.75) is 0 Å². The van der Waals surface area contributed by atoms with Crippen molar-refractivity contribution in [3.05, 3.63) is 231 Å². The number of furan rings is 1. The number of para-hydroxylation sites is 2. The van der Waals surface area contributed by atoms with Crippen LogP contribution in [0.5, 0.6) is 0 Å². The van der Waals surface area contributed by atoms with Crippen LogP contribution in [0.2, 0.25) is 0 Å². The predicted octanol–water partition coefficient (Wildman–Crippen LogP) is 16.3. The fraction of sp³-hybridized carbons (Fsp3) is 0. The molecule has 0 radical (unpaired) electrons. The van der Waals surface area contributed by atoms with Crippen LogP contribution in [0.15, 0.2) is 235 Å². The molecule has 2 aromatic heterocycles. The Hall–Kier alpha value is -8.14. The van der Waals surface area contributed by atoms with Crippen LogP contribution in [0, 0.1) is 0 Å². The summed E-state index contributed by atoms with van der Waals surface area (Å²) in [4.78, 5) is 2.35. The van der Waals surface area contributed by atoms with Crippen LogP contribution in [0.1, 0.15) is 0 Å². The van der Waals surface area contributed by atoms with Crippen LogP contribution < -0.4 is 4.90 Å². The highest BCUT2D eigenvalue weighted by Gasteiger charge is 2.20. The summed E-state index contributed by atoms with van der Waals surface area (Å²) in [5.74, 6) is 0. The molecule has 0 fully saturated rings. The molecule has 61 heavy (non-hydrogen) atoms. The maximum atomic E-state index is 6.75. The van der Waals surface area contributed by atoms with Crippen LogP contribution in [0.3, 0.4) is 0 Å². The highest BCUT2D eigenvalue weighted by Crippen LogP contribution is 2.43. The molecule has 286 valence electrons. The molecular formula is C58H38N2O. The van der Waals surface area contributed by atoms with E-state index in [1.807, 2.05) is 6.07 Å². The maximum absolute atomic E-state index is 6.75. The number of fused-ring (bicyclic) bond motifs is 7. The van der Waals surface area contributed by atoms with Crippen molar-refractivity contribution in [1.29, 1.82) is 0 Å². The zero-order chi connectivity index (χ0) is 40.3. The molecule has 0 amide bonds. The smallest absolute Gasteiger partial charge is 0.143 e. The van der Waals surface area contributed by atoms with E-state index in [9.17, 15) is 0 Å². The Morgan fingerprint density at radius 3 is 1.64 bits per heavy atom. The standard InChI is InChI=1S/C58H38N2O/c1-3-13-39(14-4-1)42-23-29-46(30-24-42)59(48-33-25-41-17-7-8-18-44(41)35-48)47-31-26-43(27-32-47)53-37-49(38-54-52-20-10-12-22-57(52)61-58(53)54)60-55-21-11-9-19-50(55)51-34-28-45(36-56(51)60)40-15-5-2-6-16-40/h1-38H. The average molecular weight is 779 g/mol. The number of hydrogen-bond acceptors (Lipinski definition) is 2. The van der Waals surface area contributed by atoms with Gasteiger partial charge in [0.15, 0.2) is 0 Å². The monoisotopic (exact) mass is 778 g/mol. The van der Waals surface area contributed by atoms with E-state index in [2.05, 4.69) is 234 Å². The molecule has 0 aliphatic heterocycles. The molecule has 3 nitrogen and oxygen atoms in total. The number of rotatable bonds is 7. The topological polar surface area (TPSA) is 21.3 Å². The zero-order valence-electron chi connectivity index (χ0n) is 33.2. The van der Waals surface area contributed by atoms with E-state index in [0.717, 1.165) is 55.8 Å². The van der Waals surface area contributed by atoms with Crippen LogP contribution in [0.25, 0.3) is 93.6 Å². The van der Waals surface area contributed by atoms with E-state index >= 15 is 0 Å². The second kappa shape index (κ2) is 14.3. The number of aromatic nitrogens is 1. The largest absolute Gasteiger partial charge is 0.455 e. The van der Waals surface area contributed by atoms with Crippen LogP contribution >= 0.6 is 0 Å². The van der Waals surface area contributed by atoms with Gasteiger partial charge in [-0.3, -0.25) is 0 Å². The van der Waals surface area contributed by atoms with E-state index in [0.29, 0.717) is 0 Å². The third kappa shape index (κ3) is 5.98. The first-order valence-electron chi connectivity index (χ1n) is 20.8. The fourth-order valence-electron chi connectivity index (χ4n) is 9.20. The van der Waals surface area contributed by atoms with E-state index in [-0.39, 0.29) is 0 Å². The number of hydrogen-bond donors (Lipinski definition) is 0. The second-order valence-corrected chi connectivity index (χ2v) is 15.7. The second-order valence-electron chi connectivity index (χ2n) is 15.7. The van der Waals surface area contributed by atoms with Crippen molar-refractivity contribution < 1.29 is 4.42 Å². The van der Waals surface area contributed by atoms with Gasteiger partial charge in [-0.25, -0.2) is 0 Å². The molecule has 0 spiro atoms.